The summed E-state index contributed by atoms with van der Waals surface area (Å²) in [5.74, 6) is 0.221. The number of para-hydroxylation sites is 1. The van der Waals surface area contributed by atoms with Crippen LogP contribution in [0.3, 0.4) is 0 Å². The summed E-state index contributed by atoms with van der Waals surface area (Å²) in [5.41, 5.74) is 2.00. The second-order valence-corrected chi connectivity index (χ2v) is 9.53. The van der Waals surface area contributed by atoms with Crippen LogP contribution in [0.15, 0.2) is 60.7 Å². The molecule has 1 fully saturated rings. The van der Waals surface area contributed by atoms with E-state index in [9.17, 15) is 9.59 Å². The van der Waals surface area contributed by atoms with Crippen LogP contribution in [-0.2, 0) is 9.59 Å². The fourth-order valence-electron chi connectivity index (χ4n) is 5.37. The average molecular weight is 490 g/mol. The number of nitrogens with zero attached hydrogens (tertiary/aromatic N) is 4. The summed E-state index contributed by atoms with van der Waals surface area (Å²) in [5, 5.41) is 8.81. The normalized spacial score (nSPS) is 25.3. The molecule has 8 nitrogen and oxygen atoms in total. The van der Waals surface area contributed by atoms with Gasteiger partial charge in [0.1, 0.15) is 5.75 Å². The maximum Gasteiger partial charge on any atom is 0.260 e. The fourth-order valence-corrected chi connectivity index (χ4v) is 5.50. The molecule has 4 atom stereocenters. The number of hydrogen-bond acceptors (Lipinski definition) is 6. The Morgan fingerprint density at radius 3 is 2.37 bits per heavy atom. The Bertz CT molecular complexity index is 1310. The van der Waals surface area contributed by atoms with Crippen LogP contribution < -0.4 is 15.0 Å². The van der Waals surface area contributed by atoms with Crippen molar-refractivity contribution in [3.63, 3.8) is 0 Å². The van der Waals surface area contributed by atoms with E-state index >= 15 is 0 Å². The molecule has 2 aromatic carbocycles. The molecule has 1 N–H and O–H groups in total. The first-order valence-electron chi connectivity index (χ1n) is 11.7. The van der Waals surface area contributed by atoms with Gasteiger partial charge in [-0.15, -0.1) is 5.10 Å². The van der Waals surface area contributed by atoms with Gasteiger partial charge in [-0.1, -0.05) is 54.1 Å². The van der Waals surface area contributed by atoms with Crippen LogP contribution in [0, 0.1) is 11.8 Å². The first kappa shape index (κ1) is 21.9. The van der Waals surface area contributed by atoms with Gasteiger partial charge in [-0.05, 0) is 43.0 Å². The molecule has 0 saturated carbocycles. The number of fused-ring (bicyclic) bond motifs is 2. The van der Waals surface area contributed by atoms with E-state index in [2.05, 4.69) is 10.3 Å². The van der Waals surface area contributed by atoms with E-state index in [-0.39, 0.29) is 41.7 Å². The Hall–Kier alpha value is -3.65. The number of amides is 2. The number of halogens is 1. The predicted octanol–water partition coefficient (Wildman–Crippen LogP) is 4.54. The zero-order valence-electron chi connectivity index (χ0n) is 19.1. The van der Waals surface area contributed by atoms with E-state index in [4.69, 9.17) is 21.4 Å². The number of imide groups is 1. The second-order valence-electron chi connectivity index (χ2n) is 9.09. The fraction of sp³-hybridized carbons (Fsp3) is 0.308. The summed E-state index contributed by atoms with van der Waals surface area (Å²) in [6, 6.07) is 15.2. The van der Waals surface area contributed by atoms with Crippen LogP contribution in [0.1, 0.15) is 42.5 Å². The summed E-state index contributed by atoms with van der Waals surface area (Å²) in [7, 11) is 1.64. The third-order valence-corrected chi connectivity index (χ3v) is 7.41. The Labute approximate surface area is 207 Å². The Morgan fingerprint density at radius 2 is 1.69 bits per heavy atom. The van der Waals surface area contributed by atoms with Gasteiger partial charge < -0.3 is 10.1 Å². The molecule has 0 radical (unpaired) electrons. The minimum atomic E-state index is -0.340. The third-order valence-electron chi connectivity index (χ3n) is 7.16. The molecule has 1 saturated heterocycles. The summed E-state index contributed by atoms with van der Waals surface area (Å²) in [6.07, 6.45) is 5.74. The molecule has 9 heteroatoms. The van der Waals surface area contributed by atoms with E-state index in [0.717, 1.165) is 16.9 Å². The minimum absolute atomic E-state index is 0.0801. The van der Waals surface area contributed by atoms with Gasteiger partial charge in [0.25, 0.3) is 5.95 Å². The van der Waals surface area contributed by atoms with Crippen LogP contribution in [0.5, 0.6) is 5.75 Å². The second kappa shape index (κ2) is 8.53. The van der Waals surface area contributed by atoms with Crippen molar-refractivity contribution >= 4 is 35.3 Å². The van der Waals surface area contributed by atoms with Crippen LogP contribution in [-0.4, -0.2) is 33.7 Å². The Kier molecular flexibility index (Phi) is 5.33. The number of hydrogen-bond donors (Lipinski definition) is 1. The summed E-state index contributed by atoms with van der Waals surface area (Å²) in [6.45, 7) is 0. The predicted molar refractivity (Wildman–Crippen MR) is 131 cm³/mol. The van der Waals surface area contributed by atoms with Crippen LogP contribution in [0.2, 0.25) is 5.02 Å². The van der Waals surface area contributed by atoms with E-state index < -0.39 is 0 Å². The number of nitrogens with one attached hydrogen (secondary N) is 1. The SMILES string of the molecule is COc1ccccc1[C@H]1C[C@@H](c2ccc(Cl)cc2)Nc2nc(N3C(=O)[C@H]4CC=CC[C@H]4C3=O)nn21. The third kappa shape index (κ3) is 3.60. The van der Waals surface area contributed by atoms with E-state index in [1.807, 2.05) is 60.7 Å². The Morgan fingerprint density at radius 1 is 1.00 bits per heavy atom. The highest BCUT2D eigenvalue weighted by molar-refractivity contribution is 6.30. The minimum Gasteiger partial charge on any atom is -0.496 e. The molecule has 35 heavy (non-hydrogen) atoms. The molecule has 3 heterocycles. The quantitative estimate of drug-likeness (QED) is 0.427. The first-order chi connectivity index (χ1) is 17.0. The number of rotatable bonds is 4. The van der Waals surface area contributed by atoms with Gasteiger partial charge in [-0.3, -0.25) is 9.59 Å². The van der Waals surface area contributed by atoms with Gasteiger partial charge in [0.05, 0.1) is 31.0 Å². The topological polar surface area (TPSA) is 89.3 Å². The number of carbonyl (C=O) groups is 2. The van der Waals surface area contributed by atoms with Crippen molar-refractivity contribution in [2.75, 3.05) is 17.3 Å². The lowest BCUT2D eigenvalue weighted by Crippen LogP contribution is -2.32. The number of carbonyl (C=O) groups excluding carboxylic acids is 2. The lowest BCUT2D eigenvalue weighted by atomic mass is 9.85. The molecular weight excluding hydrogens is 466 g/mol. The van der Waals surface area contributed by atoms with Crippen molar-refractivity contribution in [2.24, 2.45) is 11.8 Å². The molecule has 2 aliphatic heterocycles. The lowest BCUT2D eigenvalue weighted by molar-refractivity contribution is -0.122. The van der Waals surface area contributed by atoms with Crippen molar-refractivity contribution in [3.8, 4) is 5.75 Å². The van der Waals surface area contributed by atoms with Gasteiger partial charge in [-0.2, -0.15) is 4.98 Å². The molecule has 6 rings (SSSR count). The highest BCUT2D eigenvalue weighted by Crippen LogP contribution is 2.43. The number of anilines is 2. The first-order valence-corrected chi connectivity index (χ1v) is 12.1. The van der Waals surface area contributed by atoms with E-state index in [1.54, 1.807) is 11.8 Å². The van der Waals surface area contributed by atoms with Crippen molar-refractivity contribution in [3.05, 3.63) is 76.8 Å². The molecule has 3 aromatic rings. The molecule has 0 spiro atoms. The van der Waals surface area contributed by atoms with Crippen LogP contribution >= 0.6 is 11.6 Å². The monoisotopic (exact) mass is 489 g/mol. The van der Waals surface area contributed by atoms with Crippen molar-refractivity contribution < 1.29 is 14.3 Å². The van der Waals surface area contributed by atoms with Gasteiger partial charge in [0.2, 0.25) is 17.8 Å². The zero-order valence-corrected chi connectivity index (χ0v) is 19.9. The molecule has 2 amide bonds. The van der Waals surface area contributed by atoms with E-state index in [0.29, 0.717) is 30.2 Å². The summed E-state index contributed by atoms with van der Waals surface area (Å²) < 4.78 is 7.41. The largest absolute Gasteiger partial charge is 0.496 e. The number of methoxy groups -OCH3 is 1. The molecule has 1 aliphatic carbocycles. The molecule has 0 unspecified atom stereocenters. The highest BCUT2D eigenvalue weighted by atomic mass is 35.5. The standard InChI is InChI=1S/C26H24ClN5O3/c1-35-22-9-5-4-8-19(22)21-14-20(15-10-12-16(27)13-11-15)28-25-29-26(30-32(21)25)31-23(33)17-6-2-3-7-18(17)24(31)34/h2-5,8-13,17-18,20-21H,6-7,14H2,1H3,(H,28,29,30)/t17-,18+,20-,21+/m0/s1. The van der Waals surface area contributed by atoms with Gasteiger partial charge in [-0.25, -0.2) is 9.58 Å². The number of benzene rings is 2. The van der Waals surface area contributed by atoms with Gasteiger partial charge in [0, 0.05) is 10.6 Å². The molecule has 1 aromatic heterocycles. The van der Waals surface area contributed by atoms with E-state index in [1.165, 1.54) is 4.90 Å². The summed E-state index contributed by atoms with van der Waals surface area (Å²) >= 11 is 6.11. The lowest BCUT2D eigenvalue weighted by Gasteiger charge is -2.32. The van der Waals surface area contributed by atoms with Crippen LogP contribution in [0.25, 0.3) is 0 Å². The van der Waals surface area contributed by atoms with Gasteiger partial charge >= 0.3 is 0 Å². The number of allylic oxidation sites excluding steroid dienone is 2. The highest BCUT2D eigenvalue weighted by Gasteiger charge is 2.50. The molecular formula is C26H24ClN5O3. The van der Waals surface area contributed by atoms with Gasteiger partial charge in [0.15, 0.2) is 0 Å². The smallest absolute Gasteiger partial charge is 0.260 e. The van der Waals surface area contributed by atoms with Crippen molar-refractivity contribution in [1.29, 1.82) is 0 Å². The van der Waals surface area contributed by atoms with Crippen molar-refractivity contribution in [1.82, 2.24) is 14.8 Å². The molecule has 0 bridgehead atoms. The number of aromatic nitrogens is 3. The Balaban J connectivity index is 1.42. The number of ether oxygens (including phenoxy) is 1. The summed E-state index contributed by atoms with van der Waals surface area (Å²) in [4.78, 5) is 32.2. The maximum atomic E-state index is 13.2. The van der Waals surface area contributed by atoms with Crippen molar-refractivity contribution in [2.45, 2.75) is 31.3 Å². The molecule has 178 valence electrons. The van der Waals surface area contributed by atoms with Crippen LogP contribution in [0.4, 0.5) is 11.9 Å². The average Bonchev–Trinajstić information content (AvgIpc) is 3.42. The molecule has 3 aliphatic rings. The maximum absolute atomic E-state index is 13.2. The zero-order chi connectivity index (χ0) is 24.1.